The molecule has 5 nitrogen and oxygen atoms in total. The maximum absolute atomic E-state index is 11.6. The molecule has 0 saturated heterocycles. The molecule has 0 spiro atoms. The van der Waals surface area contributed by atoms with Gasteiger partial charge >= 0.3 is 0 Å². The molecular weight excluding hydrogens is 262 g/mol. The van der Waals surface area contributed by atoms with E-state index in [2.05, 4.69) is 9.44 Å². The van der Waals surface area contributed by atoms with E-state index in [-0.39, 0.29) is 16.8 Å². The van der Waals surface area contributed by atoms with Crippen molar-refractivity contribution < 1.29 is 8.42 Å². The zero-order valence-corrected chi connectivity index (χ0v) is 10.3. The van der Waals surface area contributed by atoms with Crippen LogP contribution in [0.3, 0.4) is 0 Å². The molecular formula is C10H10ClN3O2S. The van der Waals surface area contributed by atoms with Gasteiger partial charge in [0.25, 0.3) is 10.2 Å². The predicted octanol–water partition coefficient (Wildman–Crippen LogP) is 1.62. The smallest absolute Gasteiger partial charge is 0.270 e. The van der Waals surface area contributed by atoms with Crippen LogP contribution in [0, 0.1) is 11.3 Å². The van der Waals surface area contributed by atoms with Gasteiger partial charge in [-0.15, -0.1) is 0 Å². The molecule has 1 saturated carbocycles. The highest BCUT2D eigenvalue weighted by Gasteiger charge is 2.27. The van der Waals surface area contributed by atoms with Crippen LogP contribution in [0.15, 0.2) is 18.2 Å². The van der Waals surface area contributed by atoms with E-state index in [9.17, 15) is 8.42 Å². The van der Waals surface area contributed by atoms with Gasteiger partial charge < -0.3 is 0 Å². The van der Waals surface area contributed by atoms with Crippen LogP contribution in [0.2, 0.25) is 5.02 Å². The highest BCUT2D eigenvalue weighted by Crippen LogP contribution is 2.25. The van der Waals surface area contributed by atoms with E-state index in [1.807, 2.05) is 6.07 Å². The fourth-order valence-corrected chi connectivity index (χ4v) is 2.68. The molecule has 2 N–H and O–H groups in total. The first-order valence-electron chi connectivity index (χ1n) is 5.00. The molecule has 0 aromatic heterocycles. The molecule has 17 heavy (non-hydrogen) atoms. The molecule has 1 fully saturated rings. The molecule has 7 heteroatoms. The number of rotatable bonds is 4. The van der Waals surface area contributed by atoms with Crippen molar-refractivity contribution in [1.29, 1.82) is 5.26 Å². The Balaban J connectivity index is 2.19. The van der Waals surface area contributed by atoms with Crippen LogP contribution >= 0.6 is 11.6 Å². The Morgan fingerprint density at radius 3 is 2.71 bits per heavy atom. The first-order valence-corrected chi connectivity index (χ1v) is 6.86. The molecule has 1 aromatic carbocycles. The summed E-state index contributed by atoms with van der Waals surface area (Å²) in [6.45, 7) is 0. The molecule has 0 aliphatic heterocycles. The monoisotopic (exact) mass is 271 g/mol. The third-order valence-corrected chi connectivity index (χ3v) is 3.70. The lowest BCUT2D eigenvalue weighted by atomic mass is 10.2. The first-order chi connectivity index (χ1) is 8.00. The Kier molecular flexibility index (Phi) is 3.24. The Morgan fingerprint density at radius 2 is 2.12 bits per heavy atom. The van der Waals surface area contributed by atoms with Gasteiger partial charge in [-0.3, -0.25) is 4.72 Å². The van der Waals surface area contributed by atoms with Crippen LogP contribution in [0.4, 0.5) is 5.69 Å². The maximum Gasteiger partial charge on any atom is 0.299 e. The zero-order valence-electron chi connectivity index (χ0n) is 8.77. The number of nitrogens with zero attached hydrogens (tertiary/aromatic N) is 1. The van der Waals surface area contributed by atoms with Gasteiger partial charge in [-0.1, -0.05) is 11.6 Å². The van der Waals surface area contributed by atoms with Crippen molar-refractivity contribution in [2.24, 2.45) is 0 Å². The van der Waals surface area contributed by atoms with E-state index in [1.54, 1.807) is 0 Å². The van der Waals surface area contributed by atoms with Crippen LogP contribution in [-0.2, 0) is 10.2 Å². The van der Waals surface area contributed by atoms with E-state index in [0.717, 1.165) is 12.8 Å². The predicted molar refractivity (Wildman–Crippen MR) is 64.9 cm³/mol. The third-order valence-electron chi connectivity index (χ3n) is 2.24. The average molecular weight is 272 g/mol. The normalized spacial score (nSPS) is 15.3. The zero-order chi connectivity index (χ0) is 12.5. The summed E-state index contributed by atoms with van der Waals surface area (Å²) in [6, 6.07) is 6.34. The summed E-state index contributed by atoms with van der Waals surface area (Å²) in [5, 5.41) is 8.98. The Bertz CT molecular complexity index is 576. The van der Waals surface area contributed by atoms with Crippen LogP contribution < -0.4 is 9.44 Å². The Morgan fingerprint density at radius 1 is 1.41 bits per heavy atom. The summed E-state index contributed by atoms with van der Waals surface area (Å²) in [6.07, 6.45) is 1.71. The molecule has 0 unspecified atom stereocenters. The number of hydrogen-bond acceptors (Lipinski definition) is 3. The molecule has 2 rings (SSSR count). The topological polar surface area (TPSA) is 82.0 Å². The van der Waals surface area contributed by atoms with E-state index >= 15 is 0 Å². The second-order valence-electron chi connectivity index (χ2n) is 3.80. The summed E-state index contributed by atoms with van der Waals surface area (Å²) >= 11 is 5.85. The fraction of sp³-hybridized carbons (Fsp3) is 0.300. The molecule has 90 valence electrons. The van der Waals surface area contributed by atoms with Crippen LogP contribution in [0.25, 0.3) is 0 Å². The average Bonchev–Trinajstić information content (AvgIpc) is 3.04. The van der Waals surface area contributed by atoms with E-state index in [4.69, 9.17) is 16.9 Å². The van der Waals surface area contributed by atoms with Gasteiger partial charge in [-0.2, -0.15) is 18.4 Å². The molecule has 0 amide bonds. The summed E-state index contributed by atoms with van der Waals surface area (Å²) in [5.74, 6) is 0. The molecule has 0 heterocycles. The lowest BCUT2D eigenvalue weighted by Crippen LogP contribution is -2.31. The minimum Gasteiger partial charge on any atom is -0.270 e. The highest BCUT2D eigenvalue weighted by atomic mass is 35.5. The van der Waals surface area contributed by atoms with Crippen LogP contribution in [0.5, 0.6) is 0 Å². The van der Waals surface area contributed by atoms with Crippen molar-refractivity contribution in [2.75, 3.05) is 4.72 Å². The van der Waals surface area contributed by atoms with Crippen molar-refractivity contribution in [1.82, 2.24) is 4.72 Å². The largest absolute Gasteiger partial charge is 0.299 e. The lowest BCUT2D eigenvalue weighted by molar-refractivity contribution is 0.586. The Labute approximate surface area is 105 Å². The maximum atomic E-state index is 11.6. The molecule has 1 aliphatic carbocycles. The SMILES string of the molecule is N#Cc1ccc(Cl)c(NS(=O)(=O)NC2CC2)c1. The van der Waals surface area contributed by atoms with E-state index < -0.39 is 10.2 Å². The minimum atomic E-state index is -3.61. The second kappa shape index (κ2) is 4.53. The van der Waals surface area contributed by atoms with Crippen molar-refractivity contribution in [2.45, 2.75) is 18.9 Å². The van der Waals surface area contributed by atoms with Crippen LogP contribution in [0.1, 0.15) is 18.4 Å². The summed E-state index contributed by atoms with van der Waals surface area (Å²) in [5.41, 5.74) is 0.553. The Hall–Kier alpha value is -1.29. The van der Waals surface area contributed by atoms with Crippen LogP contribution in [-0.4, -0.2) is 14.5 Å². The van der Waals surface area contributed by atoms with Crippen molar-refractivity contribution in [3.8, 4) is 6.07 Å². The number of benzene rings is 1. The van der Waals surface area contributed by atoms with Gasteiger partial charge in [-0.05, 0) is 31.0 Å². The summed E-state index contributed by atoms with van der Waals surface area (Å²) in [7, 11) is -3.61. The highest BCUT2D eigenvalue weighted by molar-refractivity contribution is 7.90. The van der Waals surface area contributed by atoms with Crippen molar-refractivity contribution in [3.63, 3.8) is 0 Å². The molecule has 0 atom stereocenters. The molecule has 0 radical (unpaired) electrons. The van der Waals surface area contributed by atoms with Gasteiger partial charge in [-0.25, -0.2) is 0 Å². The summed E-state index contributed by atoms with van der Waals surface area (Å²) in [4.78, 5) is 0. The molecule has 0 bridgehead atoms. The standard InChI is InChI=1S/C10H10ClN3O2S/c11-9-4-1-7(6-12)5-10(9)14-17(15,16)13-8-2-3-8/h1,4-5,8,13-14H,2-3H2. The molecule has 1 aliphatic rings. The number of hydrogen-bond donors (Lipinski definition) is 2. The quantitative estimate of drug-likeness (QED) is 0.873. The number of halogens is 1. The van der Waals surface area contributed by atoms with Gasteiger partial charge in [0.2, 0.25) is 0 Å². The van der Waals surface area contributed by atoms with Gasteiger partial charge in [0.15, 0.2) is 0 Å². The molecule has 1 aromatic rings. The number of anilines is 1. The van der Waals surface area contributed by atoms with Crippen molar-refractivity contribution in [3.05, 3.63) is 28.8 Å². The third kappa shape index (κ3) is 3.33. The lowest BCUT2D eigenvalue weighted by Gasteiger charge is -2.10. The van der Waals surface area contributed by atoms with E-state index in [1.165, 1.54) is 18.2 Å². The first kappa shape index (κ1) is 12.2. The van der Waals surface area contributed by atoms with Gasteiger partial charge in [0.1, 0.15) is 0 Å². The number of nitriles is 1. The van der Waals surface area contributed by atoms with E-state index in [0.29, 0.717) is 5.56 Å². The second-order valence-corrected chi connectivity index (χ2v) is 5.66. The van der Waals surface area contributed by atoms with Gasteiger partial charge in [0.05, 0.1) is 22.3 Å². The number of nitrogens with one attached hydrogen (secondary N) is 2. The van der Waals surface area contributed by atoms with Crippen molar-refractivity contribution >= 4 is 27.5 Å². The summed E-state index contributed by atoms with van der Waals surface area (Å²) < 4.78 is 28.1. The van der Waals surface area contributed by atoms with Gasteiger partial charge in [0, 0.05) is 6.04 Å². The fourth-order valence-electron chi connectivity index (χ4n) is 1.27. The minimum absolute atomic E-state index is 0.0189.